The number of fused-ring (bicyclic) bond motifs is 2. The highest BCUT2D eigenvalue weighted by atomic mass is 32.2. The summed E-state index contributed by atoms with van der Waals surface area (Å²) >= 11 is 0. The van der Waals surface area contributed by atoms with Gasteiger partial charge in [-0.05, 0) is 41.0 Å². The van der Waals surface area contributed by atoms with Crippen LogP contribution in [0.2, 0.25) is 0 Å². The Hall–Kier alpha value is -3.49. The lowest BCUT2D eigenvalue weighted by Gasteiger charge is -2.12. The molecule has 0 saturated carbocycles. The van der Waals surface area contributed by atoms with E-state index in [0.717, 1.165) is 21.9 Å². The van der Waals surface area contributed by atoms with Crippen molar-refractivity contribution in [1.29, 1.82) is 0 Å². The number of hydrogen-bond donors (Lipinski definition) is 3. The van der Waals surface area contributed by atoms with Crippen LogP contribution >= 0.6 is 0 Å². The number of rotatable bonds is 5. The molecule has 162 valence electrons. The van der Waals surface area contributed by atoms with Crippen molar-refractivity contribution in [1.82, 2.24) is 15.5 Å². The Kier molecular flexibility index (Phi) is 5.03. The molecular formula is C24H22N4O3S. The summed E-state index contributed by atoms with van der Waals surface area (Å²) in [6.07, 6.45) is 0.199. The minimum atomic E-state index is -3.65. The largest absolute Gasteiger partial charge is 0.309 e. The van der Waals surface area contributed by atoms with Crippen LogP contribution in [0.4, 0.5) is 5.82 Å². The first-order chi connectivity index (χ1) is 15.4. The molecular weight excluding hydrogens is 424 g/mol. The molecule has 32 heavy (non-hydrogen) atoms. The fourth-order valence-electron chi connectivity index (χ4n) is 4.08. The standard InChI is InChI=1S/C24H22N4O3S/c1-15-5-4-8-19(11-15)32(30,31)24-22-20(14-25-24)23(28-27-22)26-21(29)13-16-9-10-17-6-2-3-7-18(17)12-16/h2-12,24-25H,13-14H2,1H3,(H2,26,27,28,29). The van der Waals surface area contributed by atoms with E-state index in [0.29, 0.717) is 23.6 Å². The number of aryl methyl sites for hydroxylation is 1. The van der Waals surface area contributed by atoms with E-state index in [9.17, 15) is 13.2 Å². The molecule has 1 unspecified atom stereocenters. The van der Waals surface area contributed by atoms with Crippen molar-refractivity contribution in [2.45, 2.75) is 30.2 Å². The van der Waals surface area contributed by atoms with Crippen molar-refractivity contribution in [3.8, 4) is 0 Å². The molecule has 1 aliphatic heterocycles. The first kappa shape index (κ1) is 20.4. The van der Waals surface area contributed by atoms with Crippen molar-refractivity contribution in [2.75, 3.05) is 5.32 Å². The Bertz CT molecular complexity index is 1440. The highest BCUT2D eigenvalue weighted by molar-refractivity contribution is 7.91. The number of amides is 1. The van der Waals surface area contributed by atoms with Gasteiger partial charge in [0.15, 0.2) is 21.0 Å². The fourth-order valence-corrected chi connectivity index (χ4v) is 5.78. The number of anilines is 1. The normalized spacial score (nSPS) is 15.6. The Morgan fingerprint density at radius 1 is 1.06 bits per heavy atom. The Labute approximate surface area is 185 Å². The molecule has 1 amide bonds. The van der Waals surface area contributed by atoms with Crippen molar-refractivity contribution in [3.63, 3.8) is 0 Å². The van der Waals surface area contributed by atoms with Gasteiger partial charge in [-0.3, -0.25) is 15.2 Å². The first-order valence-corrected chi connectivity index (χ1v) is 11.8. The lowest BCUT2D eigenvalue weighted by atomic mass is 10.0. The number of aromatic nitrogens is 2. The van der Waals surface area contributed by atoms with E-state index in [4.69, 9.17) is 0 Å². The van der Waals surface area contributed by atoms with Gasteiger partial charge in [0.25, 0.3) is 0 Å². The number of sulfone groups is 1. The molecule has 0 spiro atoms. The van der Waals surface area contributed by atoms with Crippen molar-refractivity contribution >= 4 is 32.3 Å². The minimum Gasteiger partial charge on any atom is -0.309 e. The number of nitrogens with zero attached hydrogens (tertiary/aromatic N) is 1. The van der Waals surface area contributed by atoms with Gasteiger partial charge in [0, 0.05) is 12.1 Å². The summed E-state index contributed by atoms with van der Waals surface area (Å²) in [6, 6.07) is 20.7. The molecule has 0 radical (unpaired) electrons. The van der Waals surface area contributed by atoms with E-state index < -0.39 is 15.2 Å². The highest BCUT2D eigenvalue weighted by Crippen LogP contribution is 2.35. The number of aromatic amines is 1. The predicted octanol–water partition coefficient (Wildman–Crippen LogP) is 3.63. The van der Waals surface area contributed by atoms with Crippen LogP contribution in [-0.2, 0) is 27.6 Å². The van der Waals surface area contributed by atoms with Crippen LogP contribution in [-0.4, -0.2) is 24.5 Å². The van der Waals surface area contributed by atoms with Gasteiger partial charge in [0.1, 0.15) is 0 Å². The topological polar surface area (TPSA) is 104 Å². The molecule has 1 aliphatic rings. The first-order valence-electron chi connectivity index (χ1n) is 10.3. The van der Waals surface area contributed by atoms with Gasteiger partial charge in [-0.1, -0.05) is 54.6 Å². The molecule has 5 rings (SSSR count). The number of benzene rings is 3. The summed E-state index contributed by atoms with van der Waals surface area (Å²) in [4.78, 5) is 12.9. The molecule has 7 nitrogen and oxygen atoms in total. The summed E-state index contributed by atoms with van der Waals surface area (Å²) < 4.78 is 26.3. The second-order valence-corrected chi connectivity index (χ2v) is 10.0. The van der Waals surface area contributed by atoms with Gasteiger partial charge in [-0.15, -0.1) is 0 Å². The SMILES string of the molecule is Cc1cccc(S(=O)(=O)C2NCc3c(NC(=O)Cc4ccc5ccccc5c4)n[nH]c32)c1. The van der Waals surface area contributed by atoms with Crippen LogP contribution < -0.4 is 10.6 Å². The van der Waals surface area contributed by atoms with E-state index >= 15 is 0 Å². The summed E-state index contributed by atoms with van der Waals surface area (Å²) in [5.74, 6) is 0.153. The van der Waals surface area contributed by atoms with E-state index in [1.807, 2.05) is 55.5 Å². The number of carbonyl (C=O) groups is 1. The number of H-pyrrole nitrogens is 1. The van der Waals surface area contributed by atoms with Gasteiger partial charge in [-0.25, -0.2) is 8.42 Å². The van der Waals surface area contributed by atoms with Crippen LogP contribution in [0.3, 0.4) is 0 Å². The molecule has 2 heterocycles. The third-order valence-corrected chi connectivity index (χ3v) is 7.62. The molecule has 3 aromatic carbocycles. The van der Waals surface area contributed by atoms with Crippen LogP contribution in [0.5, 0.6) is 0 Å². The molecule has 4 aromatic rings. The quantitative estimate of drug-likeness (QED) is 0.434. The van der Waals surface area contributed by atoms with E-state index in [1.165, 1.54) is 0 Å². The maximum absolute atomic E-state index is 13.1. The van der Waals surface area contributed by atoms with Gasteiger partial charge >= 0.3 is 0 Å². The molecule has 8 heteroatoms. The third kappa shape index (κ3) is 3.68. The van der Waals surface area contributed by atoms with Crippen LogP contribution in [0, 0.1) is 6.92 Å². The summed E-state index contributed by atoms with van der Waals surface area (Å²) in [5, 5.41) is 14.1. The molecule has 1 aromatic heterocycles. The van der Waals surface area contributed by atoms with Crippen LogP contribution in [0.1, 0.15) is 27.8 Å². The van der Waals surface area contributed by atoms with Crippen molar-refractivity contribution in [3.05, 3.63) is 89.1 Å². The Morgan fingerprint density at radius 3 is 2.69 bits per heavy atom. The Balaban J connectivity index is 1.34. The van der Waals surface area contributed by atoms with Gasteiger partial charge in [0.05, 0.1) is 17.0 Å². The van der Waals surface area contributed by atoms with Gasteiger partial charge < -0.3 is 5.32 Å². The van der Waals surface area contributed by atoms with Gasteiger partial charge in [-0.2, -0.15) is 5.10 Å². The summed E-state index contributed by atoms with van der Waals surface area (Å²) in [5.41, 5.74) is 2.90. The van der Waals surface area contributed by atoms with Crippen molar-refractivity contribution in [2.24, 2.45) is 0 Å². The second kappa shape index (κ2) is 7.89. The summed E-state index contributed by atoms with van der Waals surface area (Å²) in [6.45, 7) is 2.15. The van der Waals surface area contributed by atoms with E-state index in [2.05, 4.69) is 20.8 Å². The average Bonchev–Trinajstić information content (AvgIpc) is 3.37. The second-order valence-electron chi connectivity index (χ2n) is 7.99. The highest BCUT2D eigenvalue weighted by Gasteiger charge is 2.38. The molecule has 0 bridgehead atoms. The zero-order valence-corrected chi connectivity index (χ0v) is 18.2. The Morgan fingerprint density at radius 2 is 1.88 bits per heavy atom. The zero-order valence-electron chi connectivity index (χ0n) is 17.4. The lowest BCUT2D eigenvalue weighted by Crippen LogP contribution is -2.23. The zero-order chi connectivity index (χ0) is 22.3. The maximum atomic E-state index is 13.1. The molecule has 0 aliphatic carbocycles. The lowest BCUT2D eigenvalue weighted by molar-refractivity contribution is -0.115. The van der Waals surface area contributed by atoms with Crippen molar-refractivity contribution < 1.29 is 13.2 Å². The third-order valence-electron chi connectivity index (χ3n) is 5.69. The number of nitrogens with one attached hydrogen (secondary N) is 3. The van der Waals surface area contributed by atoms with E-state index in [1.54, 1.807) is 18.2 Å². The molecule has 0 fully saturated rings. The maximum Gasteiger partial charge on any atom is 0.230 e. The predicted molar refractivity (Wildman–Crippen MR) is 123 cm³/mol. The van der Waals surface area contributed by atoms with E-state index in [-0.39, 0.29) is 17.2 Å². The average molecular weight is 447 g/mol. The number of carbonyl (C=O) groups excluding carboxylic acids is 1. The molecule has 1 atom stereocenters. The number of hydrogen-bond acceptors (Lipinski definition) is 5. The monoisotopic (exact) mass is 446 g/mol. The minimum absolute atomic E-state index is 0.199. The fraction of sp³-hybridized carbons (Fsp3) is 0.167. The van der Waals surface area contributed by atoms with Gasteiger partial charge in [0.2, 0.25) is 5.91 Å². The van der Waals surface area contributed by atoms with Crippen LogP contribution in [0.25, 0.3) is 10.8 Å². The molecule has 0 saturated heterocycles. The molecule has 3 N–H and O–H groups in total. The smallest absolute Gasteiger partial charge is 0.230 e. The van der Waals surface area contributed by atoms with Crippen LogP contribution in [0.15, 0.2) is 71.6 Å². The summed E-state index contributed by atoms with van der Waals surface area (Å²) in [7, 11) is -3.65.